The third-order valence-electron chi connectivity index (χ3n) is 6.35. The summed E-state index contributed by atoms with van der Waals surface area (Å²) in [7, 11) is 0. The number of anilines is 1. The standard InChI is InChI=1S/C25H28FN5O3.CH4/c1-14-2-7-17(26)12-20(14)25(34)29-13-15-3-8-18(9-4-15)31-23(24(28)33)21(27)22(30-31)16-5-10-19(32)11-6-16;/h2-4,7-9,12,16,19,32H,5-6,10-11,13,27H2,1H3,(H2,28,33)(H,29,34);1H4. The molecule has 6 N–H and O–H groups in total. The summed E-state index contributed by atoms with van der Waals surface area (Å²) in [5.74, 6) is -1.44. The highest BCUT2D eigenvalue weighted by Crippen LogP contribution is 2.36. The average Bonchev–Trinajstić information content (AvgIpc) is 3.17. The van der Waals surface area contributed by atoms with E-state index < -0.39 is 11.7 Å². The molecule has 8 nitrogen and oxygen atoms in total. The molecule has 1 aromatic heterocycles. The van der Waals surface area contributed by atoms with Gasteiger partial charge in [0.15, 0.2) is 5.69 Å². The van der Waals surface area contributed by atoms with E-state index in [1.807, 2.05) is 0 Å². The average molecular weight is 482 g/mol. The number of nitrogens with one attached hydrogen (secondary N) is 1. The molecule has 4 rings (SSSR count). The van der Waals surface area contributed by atoms with E-state index in [0.29, 0.717) is 29.8 Å². The van der Waals surface area contributed by atoms with Gasteiger partial charge in [-0.15, -0.1) is 0 Å². The molecule has 0 unspecified atom stereocenters. The van der Waals surface area contributed by atoms with Gasteiger partial charge in [0, 0.05) is 18.0 Å². The SMILES string of the molecule is C.Cc1ccc(F)cc1C(=O)NCc1ccc(-n2nc(C3CCC(O)CC3)c(N)c2C(N)=O)cc1. The lowest BCUT2D eigenvalue weighted by Crippen LogP contribution is -2.23. The summed E-state index contributed by atoms with van der Waals surface area (Å²) < 4.78 is 14.9. The van der Waals surface area contributed by atoms with E-state index in [2.05, 4.69) is 10.4 Å². The predicted molar refractivity (Wildman–Crippen MR) is 133 cm³/mol. The lowest BCUT2D eigenvalue weighted by Gasteiger charge is -2.24. The second-order valence-corrected chi connectivity index (χ2v) is 8.74. The summed E-state index contributed by atoms with van der Waals surface area (Å²) in [6, 6.07) is 11.2. The maximum atomic E-state index is 13.5. The molecule has 1 aliphatic carbocycles. The minimum absolute atomic E-state index is 0. The van der Waals surface area contributed by atoms with Crippen molar-refractivity contribution in [3.05, 3.63) is 76.4 Å². The van der Waals surface area contributed by atoms with Gasteiger partial charge in [0.05, 0.1) is 23.2 Å². The number of amides is 2. The van der Waals surface area contributed by atoms with Crippen molar-refractivity contribution in [3.63, 3.8) is 0 Å². The Morgan fingerprint density at radius 3 is 2.43 bits per heavy atom. The third-order valence-corrected chi connectivity index (χ3v) is 6.35. The predicted octanol–water partition coefficient (Wildman–Crippen LogP) is 3.59. The van der Waals surface area contributed by atoms with Crippen LogP contribution in [0.2, 0.25) is 0 Å². The van der Waals surface area contributed by atoms with E-state index in [1.54, 1.807) is 37.3 Å². The summed E-state index contributed by atoms with van der Waals surface area (Å²) >= 11 is 0. The van der Waals surface area contributed by atoms with E-state index >= 15 is 0 Å². The fourth-order valence-electron chi connectivity index (χ4n) is 4.39. The van der Waals surface area contributed by atoms with Crippen LogP contribution in [-0.2, 0) is 6.54 Å². The number of nitrogen functional groups attached to an aromatic ring is 1. The fraction of sp³-hybridized carbons (Fsp3) is 0.346. The monoisotopic (exact) mass is 481 g/mol. The van der Waals surface area contributed by atoms with Crippen molar-refractivity contribution in [3.8, 4) is 5.69 Å². The number of hydrogen-bond acceptors (Lipinski definition) is 5. The molecule has 1 saturated carbocycles. The zero-order valence-corrected chi connectivity index (χ0v) is 18.9. The molecule has 2 aromatic carbocycles. The van der Waals surface area contributed by atoms with Crippen LogP contribution < -0.4 is 16.8 Å². The van der Waals surface area contributed by atoms with Gasteiger partial charge in [0.25, 0.3) is 11.8 Å². The number of rotatable bonds is 6. The first-order valence-electron chi connectivity index (χ1n) is 11.2. The molecule has 1 fully saturated rings. The van der Waals surface area contributed by atoms with Crippen molar-refractivity contribution < 1.29 is 19.1 Å². The molecule has 0 atom stereocenters. The van der Waals surface area contributed by atoms with E-state index in [1.165, 1.54) is 16.8 Å². The lowest BCUT2D eigenvalue weighted by molar-refractivity contribution is 0.0948. The van der Waals surface area contributed by atoms with Crippen molar-refractivity contribution in [2.45, 2.75) is 58.6 Å². The number of aliphatic hydroxyl groups is 1. The zero-order chi connectivity index (χ0) is 24.4. The highest BCUT2D eigenvalue weighted by atomic mass is 19.1. The van der Waals surface area contributed by atoms with E-state index in [4.69, 9.17) is 11.5 Å². The summed E-state index contributed by atoms with van der Waals surface area (Å²) in [6.45, 7) is 1.99. The molecule has 0 aliphatic heterocycles. The third kappa shape index (κ3) is 5.51. The minimum Gasteiger partial charge on any atom is -0.395 e. The van der Waals surface area contributed by atoms with Crippen molar-refractivity contribution in [2.24, 2.45) is 5.73 Å². The number of aromatic nitrogens is 2. The maximum Gasteiger partial charge on any atom is 0.269 e. The summed E-state index contributed by atoms with van der Waals surface area (Å²) in [6.07, 6.45) is 2.50. The number of primary amides is 1. The number of carbonyl (C=O) groups excluding carboxylic acids is 2. The van der Waals surface area contributed by atoms with Gasteiger partial charge in [0.1, 0.15) is 5.82 Å². The molecule has 9 heteroatoms. The van der Waals surface area contributed by atoms with E-state index in [9.17, 15) is 19.1 Å². The first kappa shape index (κ1) is 25.9. The molecule has 0 saturated heterocycles. The Morgan fingerprint density at radius 2 is 1.80 bits per heavy atom. The van der Waals surface area contributed by atoms with Gasteiger partial charge in [-0.3, -0.25) is 9.59 Å². The molecule has 3 aromatic rings. The number of halogens is 1. The van der Waals surface area contributed by atoms with Gasteiger partial charge in [-0.1, -0.05) is 25.6 Å². The van der Waals surface area contributed by atoms with Crippen LogP contribution in [0, 0.1) is 12.7 Å². The first-order valence-corrected chi connectivity index (χ1v) is 11.2. The Balaban J connectivity index is 0.00000342. The summed E-state index contributed by atoms with van der Waals surface area (Å²) in [4.78, 5) is 24.6. The van der Waals surface area contributed by atoms with Crippen LogP contribution in [0.3, 0.4) is 0 Å². The van der Waals surface area contributed by atoms with Gasteiger partial charge >= 0.3 is 0 Å². The van der Waals surface area contributed by atoms with Crippen LogP contribution in [0.1, 0.15) is 76.7 Å². The number of benzene rings is 2. The van der Waals surface area contributed by atoms with Gasteiger partial charge in [-0.05, 0) is 68.0 Å². The smallest absolute Gasteiger partial charge is 0.269 e. The highest BCUT2D eigenvalue weighted by molar-refractivity contribution is 5.97. The molecule has 35 heavy (non-hydrogen) atoms. The molecular formula is C26H32FN5O3. The summed E-state index contributed by atoms with van der Waals surface area (Å²) in [5.41, 5.74) is 15.3. The van der Waals surface area contributed by atoms with Crippen LogP contribution in [0.15, 0.2) is 42.5 Å². The topological polar surface area (TPSA) is 136 Å². The Bertz CT molecular complexity index is 1210. The second kappa shape index (κ2) is 10.7. The normalized spacial score (nSPS) is 17.5. The molecule has 0 spiro atoms. The van der Waals surface area contributed by atoms with Crippen LogP contribution in [0.25, 0.3) is 5.69 Å². The Morgan fingerprint density at radius 1 is 1.14 bits per heavy atom. The highest BCUT2D eigenvalue weighted by Gasteiger charge is 2.29. The van der Waals surface area contributed by atoms with Crippen molar-refractivity contribution >= 4 is 17.5 Å². The number of aryl methyl sites for hydroxylation is 1. The number of aliphatic hydroxyl groups excluding tert-OH is 1. The fourth-order valence-corrected chi connectivity index (χ4v) is 4.39. The summed E-state index contributed by atoms with van der Waals surface area (Å²) in [5, 5.41) is 17.2. The number of nitrogens with two attached hydrogens (primary N) is 2. The molecule has 1 heterocycles. The molecule has 2 amide bonds. The Hall–Kier alpha value is -3.72. The van der Waals surface area contributed by atoms with Gasteiger partial charge < -0.3 is 21.9 Å². The largest absolute Gasteiger partial charge is 0.395 e. The molecule has 0 bridgehead atoms. The van der Waals surface area contributed by atoms with Crippen molar-refractivity contribution in [2.75, 3.05) is 5.73 Å². The second-order valence-electron chi connectivity index (χ2n) is 8.74. The van der Waals surface area contributed by atoms with Crippen molar-refractivity contribution in [1.82, 2.24) is 15.1 Å². The van der Waals surface area contributed by atoms with Gasteiger partial charge in [0.2, 0.25) is 0 Å². The van der Waals surface area contributed by atoms with Crippen LogP contribution in [0.5, 0.6) is 0 Å². The Kier molecular flexibility index (Phi) is 7.91. The van der Waals surface area contributed by atoms with Crippen LogP contribution in [-0.4, -0.2) is 32.8 Å². The zero-order valence-electron chi connectivity index (χ0n) is 18.9. The minimum atomic E-state index is -0.672. The van der Waals surface area contributed by atoms with E-state index in [0.717, 1.165) is 18.4 Å². The lowest BCUT2D eigenvalue weighted by atomic mass is 9.85. The Labute approximate surface area is 204 Å². The molecule has 1 aliphatic rings. The maximum absolute atomic E-state index is 13.5. The number of carbonyl (C=O) groups is 2. The molecular weight excluding hydrogens is 449 g/mol. The van der Waals surface area contributed by atoms with E-state index in [-0.39, 0.29) is 48.8 Å². The number of nitrogens with zero attached hydrogens (tertiary/aromatic N) is 2. The van der Waals surface area contributed by atoms with Crippen molar-refractivity contribution in [1.29, 1.82) is 0 Å². The molecule has 0 radical (unpaired) electrons. The van der Waals surface area contributed by atoms with Crippen LogP contribution >= 0.6 is 0 Å². The van der Waals surface area contributed by atoms with Gasteiger partial charge in [-0.25, -0.2) is 9.07 Å². The first-order chi connectivity index (χ1) is 16.2. The van der Waals surface area contributed by atoms with Gasteiger partial charge in [-0.2, -0.15) is 5.10 Å². The van der Waals surface area contributed by atoms with Crippen LogP contribution in [0.4, 0.5) is 10.1 Å². The number of hydrogen-bond donors (Lipinski definition) is 4. The quantitative estimate of drug-likeness (QED) is 0.427. The molecule has 186 valence electrons.